The lowest BCUT2D eigenvalue weighted by Crippen LogP contribution is -3.15. The third-order valence-electron chi connectivity index (χ3n) is 4.87. The number of benzene rings is 2. The Hall–Kier alpha value is -3.26. The van der Waals surface area contributed by atoms with Gasteiger partial charge in [0.25, 0.3) is 11.8 Å². The molecule has 2 aromatic rings. The molecular weight excluding hydrogens is 375 g/mol. The van der Waals surface area contributed by atoms with E-state index in [9.17, 15) is 18.8 Å². The van der Waals surface area contributed by atoms with E-state index in [1.54, 1.807) is 36.1 Å². The number of amides is 3. The Morgan fingerprint density at radius 1 is 1.00 bits per heavy atom. The van der Waals surface area contributed by atoms with Gasteiger partial charge >= 0.3 is 0 Å². The Morgan fingerprint density at radius 2 is 1.66 bits per heavy atom. The van der Waals surface area contributed by atoms with Crippen LogP contribution < -0.4 is 15.5 Å². The van der Waals surface area contributed by atoms with Crippen LogP contribution in [0.5, 0.6) is 0 Å². The molecule has 7 nitrogen and oxygen atoms in total. The van der Waals surface area contributed by atoms with E-state index >= 15 is 0 Å². The number of carbonyl (C=O) groups is 3. The topological polar surface area (TPSA) is 83.0 Å². The lowest BCUT2D eigenvalue weighted by Gasteiger charge is -2.31. The summed E-state index contributed by atoms with van der Waals surface area (Å²) in [6, 6.07) is 12.2. The number of piperazine rings is 1. The van der Waals surface area contributed by atoms with Gasteiger partial charge in [0, 0.05) is 12.6 Å². The highest BCUT2D eigenvalue weighted by Gasteiger charge is 2.24. The van der Waals surface area contributed by atoms with Crippen molar-refractivity contribution in [3.05, 3.63) is 59.9 Å². The number of para-hydroxylation sites is 1. The number of anilines is 2. The maximum absolute atomic E-state index is 13.0. The minimum Gasteiger partial charge on any atom is -0.332 e. The number of hydrogen-bond donors (Lipinski definition) is 3. The molecule has 1 heterocycles. The van der Waals surface area contributed by atoms with E-state index in [4.69, 9.17) is 0 Å². The SMILES string of the molecule is CC(=O)N1CC[NH+](CC(=O)Nc2ccccc2C(=O)Nc2ccc(F)cc2)CC1. The zero-order chi connectivity index (χ0) is 20.8. The van der Waals surface area contributed by atoms with E-state index in [0.29, 0.717) is 43.1 Å². The molecule has 3 rings (SSSR count). The zero-order valence-corrected chi connectivity index (χ0v) is 16.2. The minimum atomic E-state index is -0.394. The van der Waals surface area contributed by atoms with Crippen molar-refractivity contribution in [3.63, 3.8) is 0 Å². The van der Waals surface area contributed by atoms with Gasteiger partial charge in [-0.3, -0.25) is 14.4 Å². The maximum atomic E-state index is 13.0. The average Bonchev–Trinajstić information content (AvgIpc) is 2.70. The molecule has 0 bridgehead atoms. The van der Waals surface area contributed by atoms with Gasteiger partial charge < -0.3 is 20.4 Å². The Balaban J connectivity index is 1.60. The van der Waals surface area contributed by atoms with Gasteiger partial charge in [-0.25, -0.2) is 4.39 Å². The Bertz CT molecular complexity index is 893. The predicted molar refractivity (Wildman–Crippen MR) is 107 cm³/mol. The molecule has 0 atom stereocenters. The number of nitrogens with one attached hydrogen (secondary N) is 3. The van der Waals surface area contributed by atoms with Crippen molar-refractivity contribution in [2.75, 3.05) is 43.4 Å². The summed E-state index contributed by atoms with van der Waals surface area (Å²) in [6.07, 6.45) is 0. The van der Waals surface area contributed by atoms with Gasteiger partial charge in [0.1, 0.15) is 5.82 Å². The molecule has 3 amide bonds. The first kappa shape index (κ1) is 20.5. The molecule has 0 aliphatic carbocycles. The number of quaternary nitrogens is 1. The van der Waals surface area contributed by atoms with E-state index in [-0.39, 0.29) is 24.2 Å². The molecule has 0 saturated carbocycles. The van der Waals surface area contributed by atoms with Crippen LogP contribution in [0.2, 0.25) is 0 Å². The van der Waals surface area contributed by atoms with Crippen molar-refractivity contribution >= 4 is 29.1 Å². The third-order valence-corrected chi connectivity index (χ3v) is 4.87. The monoisotopic (exact) mass is 399 g/mol. The number of nitrogens with zero attached hydrogens (tertiary/aromatic N) is 1. The summed E-state index contributed by atoms with van der Waals surface area (Å²) in [4.78, 5) is 39.3. The van der Waals surface area contributed by atoms with Crippen molar-refractivity contribution in [1.82, 2.24) is 4.90 Å². The molecule has 3 N–H and O–H groups in total. The second-order valence-electron chi connectivity index (χ2n) is 6.99. The van der Waals surface area contributed by atoms with E-state index in [1.165, 1.54) is 24.3 Å². The second kappa shape index (κ2) is 9.29. The Morgan fingerprint density at radius 3 is 2.31 bits per heavy atom. The number of carbonyl (C=O) groups excluding carboxylic acids is 3. The van der Waals surface area contributed by atoms with Gasteiger partial charge in [-0.15, -0.1) is 0 Å². The summed E-state index contributed by atoms with van der Waals surface area (Å²) < 4.78 is 13.0. The molecule has 0 radical (unpaired) electrons. The Labute approximate surface area is 168 Å². The van der Waals surface area contributed by atoms with E-state index in [0.717, 1.165) is 4.90 Å². The lowest BCUT2D eigenvalue weighted by molar-refractivity contribution is -0.895. The first-order chi connectivity index (χ1) is 13.9. The molecule has 0 unspecified atom stereocenters. The quantitative estimate of drug-likeness (QED) is 0.694. The van der Waals surface area contributed by atoms with Gasteiger partial charge in [-0.1, -0.05) is 12.1 Å². The van der Waals surface area contributed by atoms with Crippen LogP contribution in [0.3, 0.4) is 0 Å². The van der Waals surface area contributed by atoms with Gasteiger partial charge in [0.15, 0.2) is 6.54 Å². The van der Waals surface area contributed by atoms with Crippen molar-refractivity contribution in [2.24, 2.45) is 0 Å². The largest absolute Gasteiger partial charge is 0.332 e. The van der Waals surface area contributed by atoms with E-state index in [1.807, 2.05) is 0 Å². The number of hydrogen-bond acceptors (Lipinski definition) is 3. The minimum absolute atomic E-state index is 0.0506. The molecule has 1 aliphatic heterocycles. The fourth-order valence-corrected chi connectivity index (χ4v) is 3.26. The van der Waals surface area contributed by atoms with Crippen LogP contribution >= 0.6 is 0 Å². The van der Waals surface area contributed by atoms with Gasteiger partial charge in [-0.2, -0.15) is 0 Å². The average molecular weight is 399 g/mol. The third kappa shape index (κ3) is 5.61. The number of rotatable bonds is 5. The molecule has 1 fully saturated rings. The first-order valence-electron chi connectivity index (χ1n) is 9.47. The summed E-state index contributed by atoms with van der Waals surface area (Å²) in [5.74, 6) is -0.926. The highest BCUT2D eigenvalue weighted by atomic mass is 19.1. The van der Waals surface area contributed by atoms with Crippen LogP contribution in [-0.4, -0.2) is 55.3 Å². The van der Waals surface area contributed by atoms with Crippen LogP contribution in [0.4, 0.5) is 15.8 Å². The highest BCUT2D eigenvalue weighted by Crippen LogP contribution is 2.17. The van der Waals surface area contributed by atoms with Crippen LogP contribution in [0.15, 0.2) is 48.5 Å². The zero-order valence-electron chi connectivity index (χ0n) is 16.2. The first-order valence-corrected chi connectivity index (χ1v) is 9.47. The molecule has 2 aromatic carbocycles. The second-order valence-corrected chi connectivity index (χ2v) is 6.99. The summed E-state index contributed by atoms with van der Waals surface area (Å²) in [6.45, 7) is 4.49. The Kier molecular flexibility index (Phi) is 6.56. The molecule has 1 aliphatic rings. The fraction of sp³-hybridized carbons (Fsp3) is 0.286. The van der Waals surface area contributed by atoms with Crippen LogP contribution in [0.1, 0.15) is 17.3 Å². The van der Waals surface area contributed by atoms with E-state index in [2.05, 4.69) is 10.6 Å². The summed E-state index contributed by atoms with van der Waals surface area (Å²) in [5.41, 5.74) is 1.20. The molecule has 0 spiro atoms. The molecular formula is C21H24FN4O3+. The summed E-state index contributed by atoms with van der Waals surface area (Å²) in [7, 11) is 0. The maximum Gasteiger partial charge on any atom is 0.279 e. The molecule has 29 heavy (non-hydrogen) atoms. The standard InChI is InChI=1S/C21H23FN4O3/c1-15(27)26-12-10-25(11-13-26)14-20(28)24-19-5-3-2-4-18(19)21(29)23-17-8-6-16(22)7-9-17/h2-9H,10-14H2,1H3,(H,23,29)(H,24,28)/p+1. The fourth-order valence-electron chi connectivity index (χ4n) is 3.26. The molecule has 0 aromatic heterocycles. The van der Waals surface area contributed by atoms with Crippen LogP contribution in [0, 0.1) is 5.82 Å². The van der Waals surface area contributed by atoms with Crippen molar-refractivity contribution in [3.8, 4) is 0 Å². The summed E-state index contributed by atoms with van der Waals surface area (Å²) in [5, 5.41) is 5.50. The molecule has 1 saturated heterocycles. The van der Waals surface area contributed by atoms with Gasteiger partial charge in [-0.05, 0) is 36.4 Å². The highest BCUT2D eigenvalue weighted by molar-refractivity contribution is 6.10. The summed E-state index contributed by atoms with van der Waals surface area (Å²) >= 11 is 0. The van der Waals surface area contributed by atoms with Crippen LogP contribution in [0.25, 0.3) is 0 Å². The van der Waals surface area contributed by atoms with Crippen LogP contribution in [-0.2, 0) is 9.59 Å². The predicted octanol–water partition coefficient (Wildman–Crippen LogP) is 0.764. The van der Waals surface area contributed by atoms with Crippen molar-refractivity contribution < 1.29 is 23.7 Å². The smallest absolute Gasteiger partial charge is 0.279 e. The normalized spacial score (nSPS) is 14.3. The molecule has 152 valence electrons. The molecule has 8 heteroatoms. The van der Waals surface area contributed by atoms with Crippen molar-refractivity contribution in [1.29, 1.82) is 0 Å². The van der Waals surface area contributed by atoms with Gasteiger partial charge in [0.2, 0.25) is 5.91 Å². The lowest BCUT2D eigenvalue weighted by atomic mass is 10.1. The van der Waals surface area contributed by atoms with Gasteiger partial charge in [0.05, 0.1) is 37.4 Å². The van der Waals surface area contributed by atoms with E-state index < -0.39 is 5.91 Å². The van der Waals surface area contributed by atoms with Crippen molar-refractivity contribution in [2.45, 2.75) is 6.92 Å². The number of halogens is 1.